The zero-order valence-electron chi connectivity index (χ0n) is 10.8. The first-order valence-corrected chi connectivity index (χ1v) is 6.01. The molecule has 104 valence electrons. The van der Waals surface area contributed by atoms with Gasteiger partial charge in [-0.15, -0.1) is 0 Å². The second kappa shape index (κ2) is 6.55. The molecule has 1 aliphatic rings. The molecule has 7 heteroatoms. The first kappa shape index (κ1) is 14.7. The highest BCUT2D eigenvalue weighted by molar-refractivity contribution is 5.82. The van der Waals surface area contributed by atoms with Gasteiger partial charge in [-0.2, -0.15) is 0 Å². The van der Waals surface area contributed by atoms with Crippen molar-refractivity contribution in [1.29, 1.82) is 0 Å². The average molecular weight is 259 g/mol. The molecule has 0 aliphatic carbocycles. The standard InChI is InChI=1S/C11H21N3O4/c1-13(2)8-3-5-14(7-8)11(18)12-9(4-6-15)10(16)17/h8-9,15H,3-7H2,1-2H3,(H,12,18)(H,16,17). The summed E-state index contributed by atoms with van der Waals surface area (Å²) in [6, 6.07) is -1.09. The van der Waals surface area contributed by atoms with Crippen molar-refractivity contribution in [3.63, 3.8) is 0 Å². The van der Waals surface area contributed by atoms with Crippen molar-refractivity contribution < 1.29 is 19.8 Å². The largest absolute Gasteiger partial charge is 0.480 e. The number of carboxylic acid groups (broad SMARTS) is 1. The average Bonchev–Trinajstić information content (AvgIpc) is 2.77. The van der Waals surface area contributed by atoms with E-state index in [0.717, 1.165) is 6.42 Å². The summed E-state index contributed by atoms with van der Waals surface area (Å²) in [5.74, 6) is -1.12. The maximum Gasteiger partial charge on any atom is 0.326 e. The number of rotatable bonds is 5. The number of carbonyl (C=O) groups is 2. The summed E-state index contributed by atoms with van der Waals surface area (Å²) in [6.45, 7) is 0.960. The SMILES string of the molecule is CN(C)C1CCN(C(=O)NC(CCO)C(=O)O)C1. The number of aliphatic hydroxyl groups is 1. The highest BCUT2D eigenvalue weighted by atomic mass is 16.4. The van der Waals surface area contributed by atoms with Crippen molar-refractivity contribution in [3.05, 3.63) is 0 Å². The quantitative estimate of drug-likeness (QED) is 0.599. The number of hydrogen-bond donors (Lipinski definition) is 3. The van der Waals surface area contributed by atoms with Gasteiger partial charge < -0.3 is 25.3 Å². The van der Waals surface area contributed by atoms with Gasteiger partial charge in [-0.3, -0.25) is 0 Å². The third-order valence-corrected chi connectivity index (χ3v) is 3.19. The van der Waals surface area contributed by atoms with Gasteiger partial charge in [-0.05, 0) is 20.5 Å². The topological polar surface area (TPSA) is 93.1 Å². The van der Waals surface area contributed by atoms with E-state index in [1.54, 1.807) is 4.90 Å². The zero-order chi connectivity index (χ0) is 13.7. The number of likely N-dealkylation sites (tertiary alicyclic amines) is 1. The Morgan fingerprint density at radius 1 is 1.50 bits per heavy atom. The second-order valence-electron chi connectivity index (χ2n) is 4.70. The van der Waals surface area contributed by atoms with E-state index in [1.165, 1.54) is 0 Å². The first-order valence-electron chi connectivity index (χ1n) is 6.01. The Morgan fingerprint density at radius 2 is 2.17 bits per heavy atom. The van der Waals surface area contributed by atoms with Crippen LogP contribution in [0, 0.1) is 0 Å². The van der Waals surface area contributed by atoms with Gasteiger partial charge in [0.15, 0.2) is 0 Å². The third kappa shape index (κ3) is 3.85. The van der Waals surface area contributed by atoms with Gasteiger partial charge >= 0.3 is 12.0 Å². The molecule has 0 spiro atoms. The molecule has 1 saturated heterocycles. The number of amides is 2. The fraction of sp³-hybridized carbons (Fsp3) is 0.818. The highest BCUT2D eigenvalue weighted by Crippen LogP contribution is 2.13. The summed E-state index contributed by atoms with van der Waals surface area (Å²) in [5, 5.41) is 20.1. The van der Waals surface area contributed by atoms with Gasteiger partial charge in [0.2, 0.25) is 0 Å². The van der Waals surface area contributed by atoms with Crippen LogP contribution in [-0.2, 0) is 4.79 Å². The van der Waals surface area contributed by atoms with Crippen LogP contribution < -0.4 is 5.32 Å². The van der Waals surface area contributed by atoms with Gasteiger partial charge in [-0.1, -0.05) is 0 Å². The fourth-order valence-electron chi connectivity index (χ4n) is 1.97. The molecule has 7 nitrogen and oxygen atoms in total. The Balaban J connectivity index is 2.48. The number of nitrogens with zero attached hydrogens (tertiary/aromatic N) is 2. The van der Waals surface area contributed by atoms with Crippen molar-refractivity contribution >= 4 is 12.0 Å². The van der Waals surface area contributed by atoms with Crippen molar-refractivity contribution in [3.8, 4) is 0 Å². The van der Waals surface area contributed by atoms with Gasteiger partial charge in [0.05, 0.1) is 0 Å². The van der Waals surface area contributed by atoms with Crippen LogP contribution in [0.1, 0.15) is 12.8 Å². The molecule has 0 radical (unpaired) electrons. The summed E-state index contributed by atoms with van der Waals surface area (Å²) >= 11 is 0. The molecule has 2 unspecified atom stereocenters. The first-order chi connectivity index (χ1) is 8.45. The highest BCUT2D eigenvalue weighted by Gasteiger charge is 2.29. The van der Waals surface area contributed by atoms with E-state index in [9.17, 15) is 9.59 Å². The Labute approximate surface area is 106 Å². The molecule has 1 heterocycles. The summed E-state index contributed by atoms with van der Waals surface area (Å²) in [5.41, 5.74) is 0. The number of aliphatic carboxylic acids is 1. The minimum absolute atomic E-state index is 0.0199. The maximum atomic E-state index is 11.9. The zero-order valence-corrected chi connectivity index (χ0v) is 10.8. The van der Waals surface area contributed by atoms with Crippen LogP contribution >= 0.6 is 0 Å². The lowest BCUT2D eigenvalue weighted by Gasteiger charge is -2.22. The van der Waals surface area contributed by atoms with Crippen LogP contribution in [0.15, 0.2) is 0 Å². The van der Waals surface area contributed by atoms with Gasteiger partial charge in [-0.25, -0.2) is 9.59 Å². The molecule has 18 heavy (non-hydrogen) atoms. The number of carbonyl (C=O) groups excluding carboxylic acids is 1. The molecule has 0 saturated carbocycles. The van der Waals surface area contributed by atoms with E-state index in [0.29, 0.717) is 19.1 Å². The molecular formula is C11H21N3O4. The molecule has 2 amide bonds. The third-order valence-electron chi connectivity index (χ3n) is 3.19. The predicted molar refractivity (Wildman–Crippen MR) is 65.3 cm³/mol. The van der Waals surface area contributed by atoms with Crippen LogP contribution in [0.4, 0.5) is 4.79 Å². The van der Waals surface area contributed by atoms with E-state index in [-0.39, 0.29) is 19.1 Å². The molecule has 0 bridgehead atoms. The minimum Gasteiger partial charge on any atom is -0.480 e. The van der Waals surface area contributed by atoms with E-state index in [1.807, 2.05) is 14.1 Å². The van der Waals surface area contributed by atoms with E-state index in [2.05, 4.69) is 10.2 Å². The molecule has 0 aromatic heterocycles. The van der Waals surface area contributed by atoms with Crippen LogP contribution in [0.25, 0.3) is 0 Å². The molecule has 0 aromatic rings. The summed E-state index contributed by atoms with van der Waals surface area (Å²) in [6.07, 6.45) is 0.907. The number of carboxylic acids is 1. The Bertz CT molecular complexity index is 309. The normalized spacial score (nSPS) is 21.1. The van der Waals surface area contributed by atoms with Crippen LogP contribution in [0.2, 0.25) is 0 Å². The Hall–Kier alpha value is -1.34. The number of urea groups is 1. The van der Waals surface area contributed by atoms with Crippen LogP contribution in [-0.4, -0.2) is 77.9 Å². The summed E-state index contributed by atoms with van der Waals surface area (Å²) in [4.78, 5) is 26.4. The number of nitrogens with one attached hydrogen (secondary N) is 1. The van der Waals surface area contributed by atoms with Crippen LogP contribution in [0.3, 0.4) is 0 Å². The Kier molecular flexibility index (Phi) is 5.36. The smallest absolute Gasteiger partial charge is 0.326 e. The summed E-state index contributed by atoms with van der Waals surface area (Å²) < 4.78 is 0. The number of hydrogen-bond acceptors (Lipinski definition) is 4. The van der Waals surface area contributed by atoms with Crippen molar-refractivity contribution in [1.82, 2.24) is 15.1 Å². The fourth-order valence-corrected chi connectivity index (χ4v) is 1.97. The molecule has 3 N–H and O–H groups in total. The maximum absolute atomic E-state index is 11.9. The predicted octanol–water partition coefficient (Wildman–Crippen LogP) is -0.832. The lowest BCUT2D eigenvalue weighted by atomic mass is 10.2. The monoisotopic (exact) mass is 259 g/mol. The molecule has 2 atom stereocenters. The van der Waals surface area contributed by atoms with E-state index >= 15 is 0 Å². The van der Waals surface area contributed by atoms with Crippen LogP contribution in [0.5, 0.6) is 0 Å². The lowest BCUT2D eigenvalue weighted by Crippen LogP contribution is -2.48. The van der Waals surface area contributed by atoms with Crippen molar-refractivity contribution in [2.45, 2.75) is 24.9 Å². The van der Waals surface area contributed by atoms with Gasteiger partial charge in [0.25, 0.3) is 0 Å². The molecule has 1 rings (SSSR count). The minimum atomic E-state index is -1.12. The second-order valence-corrected chi connectivity index (χ2v) is 4.70. The molecule has 0 aromatic carbocycles. The number of aliphatic hydroxyl groups excluding tert-OH is 1. The van der Waals surface area contributed by atoms with Crippen molar-refractivity contribution in [2.24, 2.45) is 0 Å². The Morgan fingerprint density at radius 3 is 2.61 bits per heavy atom. The molecular weight excluding hydrogens is 238 g/mol. The van der Waals surface area contributed by atoms with Gasteiger partial charge in [0, 0.05) is 32.2 Å². The van der Waals surface area contributed by atoms with E-state index in [4.69, 9.17) is 10.2 Å². The summed E-state index contributed by atoms with van der Waals surface area (Å²) in [7, 11) is 3.91. The molecule has 1 aliphatic heterocycles. The number of likely N-dealkylation sites (N-methyl/N-ethyl adjacent to an activating group) is 1. The lowest BCUT2D eigenvalue weighted by molar-refractivity contribution is -0.139. The van der Waals surface area contributed by atoms with E-state index < -0.39 is 12.0 Å². The molecule has 1 fully saturated rings. The van der Waals surface area contributed by atoms with Gasteiger partial charge in [0.1, 0.15) is 6.04 Å². The van der Waals surface area contributed by atoms with Crippen molar-refractivity contribution in [2.75, 3.05) is 33.8 Å².